The predicted molar refractivity (Wildman–Crippen MR) is 98.8 cm³/mol. The highest BCUT2D eigenvalue weighted by atomic mass is 35.5. The van der Waals surface area contributed by atoms with E-state index in [4.69, 9.17) is 25.8 Å². The van der Waals surface area contributed by atoms with Crippen molar-refractivity contribution >= 4 is 23.6 Å². The number of rotatable bonds is 8. The van der Waals surface area contributed by atoms with Crippen molar-refractivity contribution in [1.82, 2.24) is 10.6 Å². The van der Waals surface area contributed by atoms with Crippen molar-refractivity contribution in [2.24, 2.45) is 5.92 Å². The van der Waals surface area contributed by atoms with Gasteiger partial charge in [0.25, 0.3) is 0 Å². The molecule has 0 radical (unpaired) electrons. The summed E-state index contributed by atoms with van der Waals surface area (Å²) in [4.78, 5) is 24.5. The lowest BCUT2D eigenvalue weighted by molar-refractivity contribution is -0.150. The number of phenolic OH excluding ortho intramolecular Hbond substituents is 1. The molecule has 0 bridgehead atoms. The minimum absolute atomic E-state index is 0.0304. The zero-order valence-electron chi connectivity index (χ0n) is 15.2. The van der Waals surface area contributed by atoms with Crippen molar-refractivity contribution < 1.29 is 28.9 Å². The van der Waals surface area contributed by atoms with Crippen molar-refractivity contribution in [3.63, 3.8) is 0 Å². The largest absolute Gasteiger partial charge is 0.503 e. The molecule has 9 heteroatoms. The van der Waals surface area contributed by atoms with Gasteiger partial charge in [0.1, 0.15) is 12.5 Å². The van der Waals surface area contributed by atoms with Gasteiger partial charge in [0.15, 0.2) is 11.5 Å². The summed E-state index contributed by atoms with van der Waals surface area (Å²) in [7, 11) is 1.37. The first kappa shape index (κ1) is 20.9. The number of carbonyl (C=O) groups is 2. The fraction of sp³-hybridized carbons (Fsp3) is 0.444. The number of hydrogen-bond donors (Lipinski definition) is 3. The van der Waals surface area contributed by atoms with Crippen LogP contribution < -0.4 is 15.4 Å². The molecule has 0 spiro atoms. The average molecular weight is 399 g/mol. The van der Waals surface area contributed by atoms with Gasteiger partial charge in [0, 0.05) is 12.3 Å². The van der Waals surface area contributed by atoms with Crippen LogP contribution in [0.5, 0.6) is 11.5 Å². The number of phenols is 1. The van der Waals surface area contributed by atoms with Gasteiger partial charge >= 0.3 is 12.0 Å². The van der Waals surface area contributed by atoms with Gasteiger partial charge in [-0.15, -0.1) is 0 Å². The second-order valence-corrected chi connectivity index (χ2v) is 6.32. The third-order valence-electron chi connectivity index (χ3n) is 3.97. The van der Waals surface area contributed by atoms with E-state index in [1.807, 2.05) is 6.92 Å². The van der Waals surface area contributed by atoms with Crippen LogP contribution in [0, 0.1) is 5.92 Å². The molecule has 1 aromatic rings. The molecule has 0 unspecified atom stereocenters. The Kier molecular flexibility index (Phi) is 7.32. The van der Waals surface area contributed by atoms with E-state index in [-0.39, 0.29) is 35.4 Å². The molecule has 1 heterocycles. The van der Waals surface area contributed by atoms with E-state index in [2.05, 4.69) is 17.2 Å². The van der Waals surface area contributed by atoms with Crippen LogP contribution in [-0.2, 0) is 14.3 Å². The molecular formula is C18H23ClN2O6. The summed E-state index contributed by atoms with van der Waals surface area (Å²) in [6, 6.07) is 1.65. The van der Waals surface area contributed by atoms with Gasteiger partial charge < -0.3 is 30.0 Å². The summed E-state index contributed by atoms with van der Waals surface area (Å²) in [5.74, 6) is -1.56. The summed E-state index contributed by atoms with van der Waals surface area (Å²) >= 11 is 6.04. The first-order valence-electron chi connectivity index (χ1n) is 8.46. The highest BCUT2D eigenvalue weighted by Crippen LogP contribution is 2.39. The SMILES string of the molecule is C=C1NC(=O)N[C@H](c2cc(Cl)c(O)c(OC)c2)[C@H]1C(=O)OCCOCCC. The maximum absolute atomic E-state index is 12.6. The molecule has 2 amide bonds. The minimum atomic E-state index is -0.890. The molecule has 1 fully saturated rings. The van der Waals surface area contributed by atoms with Gasteiger partial charge in [-0.3, -0.25) is 4.79 Å². The fourth-order valence-electron chi connectivity index (χ4n) is 2.71. The van der Waals surface area contributed by atoms with Crippen molar-refractivity contribution in [1.29, 1.82) is 0 Å². The standard InChI is InChI=1S/C18H23ClN2O6/c1-4-5-26-6-7-27-17(23)14-10(2)20-18(24)21-15(14)11-8-12(19)16(22)13(9-11)25-3/h8-9,14-15,22H,2,4-7H2,1,3H3,(H2,20,21,24)/t14-,15+/m0/s1. The van der Waals surface area contributed by atoms with E-state index < -0.39 is 24.0 Å². The topological polar surface area (TPSA) is 106 Å². The fourth-order valence-corrected chi connectivity index (χ4v) is 2.92. The normalized spacial score (nSPS) is 19.2. The molecule has 1 aliphatic heterocycles. The summed E-state index contributed by atoms with van der Waals surface area (Å²) in [5, 5.41) is 15.1. The van der Waals surface area contributed by atoms with Crippen LogP contribution in [0.3, 0.4) is 0 Å². The Hall–Kier alpha value is -2.45. The van der Waals surface area contributed by atoms with E-state index in [1.165, 1.54) is 19.2 Å². The molecule has 0 saturated carbocycles. The van der Waals surface area contributed by atoms with Crippen LogP contribution >= 0.6 is 11.6 Å². The van der Waals surface area contributed by atoms with Crippen LogP contribution in [0.2, 0.25) is 5.02 Å². The van der Waals surface area contributed by atoms with Gasteiger partial charge in [0.2, 0.25) is 0 Å². The first-order valence-corrected chi connectivity index (χ1v) is 8.83. The summed E-state index contributed by atoms with van der Waals surface area (Å²) < 4.78 is 15.6. The molecule has 148 valence electrons. The second-order valence-electron chi connectivity index (χ2n) is 5.91. The molecule has 2 rings (SSSR count). The Morgan fingerprint density at radius 2 is 2.07 bits per heavy atom. The minimum Gasteiger partial charge on any atom is -0.503 e. The number of carbonyl (C=O) groups excluding carboxylic acids is 2. The van der Waals surface area contributed by atoms with Crippen LogP contribution in [0.25, 0.3) is 0 Å². The Morgan fingerprint density at radius 1 is 1.33 bits per heavy atom. The molecule has 3 N–H and O–H groups in total. The summed E-state index contributed by atoms with van der Waals surface area (Å²) in [6.07, 6.45) is 0.870. The Morgan fingerprint density at radius 3 is 2.74 bits per heavy atom. The van der Waals surface area contributed by atoms with Crippen molar-refractivity contribution in [2.45, 2.75) is 19.4 Å². The van der Waals surface area contributed by atoms with Gasteiger partial charge in [-0.05, 0) is 24.1 Å². The maximum Gasteiger partial charge on any atom is 0.319 e. The third-order valence-corrected chi connectivity index (χ3v) is 4.26. The van der Waals surface area contributed by atoms with Gasteiger partial charge in [-0.25, -0.2) is 4.79 Å². The molecule has 8 nitrogen and oxygen atoms in total. The average Bonchev–Trinajstić information content (AvgIpc) is 2.62. The Balaban J connectivity index is 2.23. The number of methoxy groups -OCH3 is 1. The lowest BCUT2D eigenvalue weighted by Crippen LogP contribution is -2.51. The van der Waals surface area contributed by atoms with Crippen molar-refractivity contribution in [2.75, 3.05) is 26.9 Å². The molecule has 2 atom stereocenters. The first-order chi connectivity index (χ1) is 12.9. The Bertz CT molecular complexity index is 724. The highest BCUT2D eigenvalue weighted by molar-refractivity contribution is 6.32. The molecular weight excluding hydrogens is 376 g/mol. The molecule has 1 aromatic carbocycles. The van der Waals surface area contributed by atoms with Crippen LogP contribution in [0.15, 0.2) is 24.4 Å². The predicted octanol–water partition coefficient (Wildman–Crippen LogP) is 2.51. The van der Waals surface area contributed by atoms with E-state index in [1.54, 1.807) is 0 Å². The smallest absolute Gasteiger partial charge is 0.319 e. The van der Waals surface area contributed by atoms with E-state index in [9.17, 15) is 14.7 Å². The van der Waals surface area contributed by atoms with Crippen molar-refractivity contribution in [3.05, 3.63) is 35.0 Å². The summed E-state index contributed by atoms with van der Waals surface area (Å²) in [6.45, 7) is 6.69. The highest BCUT2D eigenvalue weighted by Gasteiger charge is 2.39. The molecule has 1 aliphatic rings. The summed E-state index contributed by atoms with van der Waals surface area (Å²) in [5.41, 5.74) is 0.668. The number of amides is 2. The third kappa shape index (κ3) is 5.05. The molecule has 1 saturated heterocycles. The van der Waals surface area contributed by atoms with Crippen LogP contribution in [-0.4, -0.2) is 44.0 Å². The van der Waals surface area contributed by atoms with Gasteiger partial charge in [0.05, 0.1) is 24.8 Å². The number of ether oxygens (including phenoxy) is 3. The van der Waals surface area contributed by atoms with E-state index in [0.717, 1.165) is 6.42 Å². The van der Waals surface area contributed by atoms with Gasteiger partial charge in [-0.2, -0.15) is 0 Å². The number of urea groups is 1. The van der Waals surface area contributed by atoms with Crippen LogP contribution in [0.1, 0.15) is 24.9 Å². The Labute approximate surface area is 162 Å². The number of aromatic hydroxyl groups is 1. The molecule has 27 heavy (non-hydrogen) atoms. The van der Waals surface area contributed by atoms with Crippen molar-refractivity contribution in [3.8, 4) is 11.5 Å². The molecule has 0 aromatic heterocycles. The van der Waals surface area contributed by atoms with Gasteiger partial charge in [-0.1, -0.05) is 25.1 Å². The number of halogens is 1. The second kappa shape index (κ2) is 9.48. The maximum atomic E-state index is 12.6. The zero-order chi connectivity index (χ0) is 20.0. The quantitative estimate of drug-likeness (QED) is 0.459. The van der Waals surface area contributed by atoms with Crippen LogP contribution in [0.4, 0.5) is 4.79 Å². The zero-order valence-corrected chi connectivity index (χ0v) is 16.0. The van der Waals surface area contributed by atoms with E-state index in [0.29, 0.717) is 12.2 Å². The lowest BCUT2D eigenvalue weighted by Gasteiger charge is -2.33. The number of nitrogens with one attached hydrogen (secondary N) is 2. The monoisotopic (exact) mass is 398 g/mol. The lowest BCUT2D eigenvalue weighted by atomic mass is 9.89. The number of hydrogen-bond acceptors (Lipinski definition) is 6. The number of benzene rings is 1. The van der Waals surface area contributed by atoms with E-state index >= 15 is 0 Å². The molecule has 0 aliphatic carbocycles. The number of esters is 1.